The predicted octanol–water partition coefficient (Wildman–Crippen LogP) is 0.896. The Kier molecular flexibility index (Phi) is 5.05. The summed E-state index contributed by atoms with van der Waals surface area (Å²) in [6.07, 6.45) is 6.18. The smallest absolute Gasteiger partial charge is 0.263 e. The number of carbonyl (C=O) groups excluding carboxylic acids is 1. The summed E-state index contributed by atoms with van der Waals surface area (Å²) >= 11 is 0. The second kappa shape index (κ2) is 7.62. The summed E-state index contributed by atoms with van der Waals surface area (Å²) in [4.78, 5) is 33.5. The molecule has 2 aliphatic heterocycles. The van der Waals surface area contributed by atoms with Gasteiger partial charge < -0.3 is 14.2 Å². The van der Waals surface area contributed by atoms with Crippen LogP contribution in [0.4, 0.5) is 0 Å². The second-order valence-electron chi connectivity index (χ2n) is 7.18. The van der Waals surface area contributed by atoms with E-state index in [0.29, 0.717) is 19.7 Å². The Morgan fingerprint density at radius 3 is 2.89 bits per heavy atom. The van der Waals surface area contributed by atoms with Crippen LogP contribution in [0.3, 0.4) is 0 Å². The highest BCUT2D eigenvalue weighted by molar-refractivity contribution is 5.94. The normalized spacial score (nSPS) is 23.1. The third-order valence-electron chi connectivity index (χ3n) is 5.48. The lowest BCUT2D eigenvalue weighted by Gasteiger charge is -2.47. The van der Waals surface area contributed by atoms with Crippen molar-refractivity contribution in [3.63, 3.8) is 0 Å². The average Bonchev–Trinajstić information content (AvgIpc) is 2.70. The number of hydrogen-bond acceptors (Lipinski definition) is 5. The number of likely N-dealkylation sites (tertiary alicyclic amines) is 1. The molecular weight excluding hydrogens is 344 g/mol. The van der Waals surface area contributed by atoms with E-state index in [2.05, 4.69) is 9.88 Å². The highest BCUT2D eigenvalue weighted by atomic mass is 16.5. The Balaban J connectivity index is 1.52. The maximum absolute atomic E-state index is 13.0. The van der Waals surface area contributed by atoms with Crippen LogP contribution in [0.15, 0.2) is 47.7 Å². The lowest BCUT2D eigenvalue weighted by atomic mass is 9.97. The number of piperidine rings is 1. The van der Waals surface area contributed by atoms with Crippen LogP contribution in [0.25, 0.3) is 0 Å². The molecule has 7 heteroatoms. The third-order valence-corrected chi connectivity index (χ3v) is 5.48. The first-order chi connectivity index (χ1) is 13.1. The van der Waals surface area contributed by atoms with Gasteiger partial charge in [-0.2, -0.15) is 0 Å². The van der Waals surface area contributed by atoms with E-state index in [4.69, 9.17) is 4.74 Å². The summed E-state index contributed by atoms with van der Waals surface area (Å²) in [5, 5.41) is 0. The van der Waals surface area contributed by atoms with Crippen LogP contribution in [0.1, 0.15) is 22.3 Å². The molecule has 142 valence electrons. The first-order valence-electron chi connectivity index (χ1n) is 9.33. The molecule has 4 rings (SSSR count). The Labute approximate surface area is 158 Å². The van der Waals surface area contributed by atoms with Crippen molar-refractivity contribution in [1.82, 2.24) is 19.4 Å². The molecule has 0 spiro atoms. The largest absolute Gasteiger partial charge is 0.375 e. The van der Waals surface area contributed by atoms with Gasteiger partial charge in [0.1, 0.15) is 5.56 Å². The van der Waals surface area contributed by atoms with Gasteiger partial charge >= 0.3 is 0 Å². The summed E-state index contributed by atoms with van der Waals surface area (Å²) in [6.45, 7) is 3.54. The molecule has 4 heterocycles. The minimum absolute atomic E-state index is 0.128. The minimum Gasteiger partial charge on any atom is -0.375 e. The number of rotatable bonds is 3. The zero-order valence-corrected chi connectivity index (χ0v) is 15.5. The highest BCUT2D eigenvalue weighted by Crippen LogP contribution is 2.25. The van der Waals surface area contributed by atoms with E-state index in [1.165, 1.54) is 10.1 Å². The molecule has 0 saturated carbocycles. The van der Waals surface area contributed by atoms with Gasteiger partial charge in [0, 0.05) is 51.8 Å². The molecule has 7 nitrogen and oxygen atoms in total. The van der Waals surface area contributed by atoms with Crippen molar-refractivity contribution >= 4 is 5.91 Å². The highest BCUT2D eigenvalue weighted by Gasteiger charge is 2.38. The second-order valence-corrected chi connectivity index (χ2v) is 7.18. The van der Waals surface area contributed by atoms with Gasteiger partial charge in [-0.3, -0.25) is 19.5 Å². The van der Waals surface area contributed by atoms with E-state index < -0.39 is 0 Å². The van der Waals surface area contributed by atoms with E-state index in [0.717, 1.165) is 19.5 Å². The Bertz CT molecular complexity index is 867. The van der Waals surface area contributed by atoms with Crippen LogP contribution in [0.2, 0.25) is 0 Å². The number of ether oxygens (including phenoxy) is 1. The van der Waals surface area contributed by atoms with E-state index in [1.807, 2.05) is 12.1 Å². The minimum atomic E-state index is -0.252. The summed E-state index contributed by atoms with van der Waals surface area (Å²) in [6, 6.07) is 7.52. The molecule has 1 amide bonds. The van der Waals surface area contributed by atoms with Gasteiger partial charge in [-0.25, -0.2) is 0 Å². The molecule has 0 bridgehead atoms. The lowest BCUT2D eigenvalue weighted by molar-refractivity contribution is -0.101. The number of aromatic nitrogens is 2. The number of pyridine rings is 2. The zero-order chi connectivity index (χ0) is 18.8. The van der Waals surface area contributed by atoms with Gasteiger partial charge in [0.15, 0.2) is 0 Å². The van der Waals surface area contributed by atoms with Crippen molar-refractivity contribution < 1.29 is 9.53 Å². The number of morpholine rings is 1. The van der Waals surface area contributed by atoms with Crippen molar-refractivity contribution in [3.05, 3.63) is 64.3 Å². The molecule has 2 aromatic rings. The number of hydrogen-bond donors (Lipinski definition) is 0. The number of aryl methyl sites for hydroxylation is 1. The first-order valence-corrected chi connectivity index (χ1v) is 9.33. The van der Waals surface area contributed by atoms with E-state index >= 15 is 0 Å². The van der Waals surface area contributed by atoms with Crippen LogP contribution in [-0.2, 0) is 18.3 Å². The molecule has 2 aliphatic rings. The molecule has 0 N–H and O–H groups in total. The number of fused-ring (bicyclic) bond motifs is 1. The third kappa shape index (κ3) is 3.65. The van der Waals surface area contributed by atoms with Gasteiger partial charge in [-0.1, -0.05) is 0 Å². The maximum Gasteiger partial charge on any atom is 0.263 e. The Morgan fingerprint density at radius 1 is 1.26 bits per heavy atom. The number of nitrogens with zero attached hydrogens (tertiary/aromatic N) is 4. The van der Waals surface area contributed by atoms with Crippen molar-refractivity contribution in [2.24, 2.45) is 7.05 Å². The van der Waals surface area contributed by atoms with E-state index in [9.17, 15) is 9.59 Å². The summed E-state index contributed by atoms with van der Waals surface area (Å²) < 4.78 is 7.41. The van der Waals surface area contributed by atoms with Crippen LogP contribution in [0, 0.1) is 0 Å². The van der Waals surface area contributed by atoms with Crippen LogP contribution >= 0.6 is 0 Å². The van der Waals surface area contributed by atoms with Crippen molar-refractivity contribution in [1.29, 1.82) is 0 Å². The van der Waals surface area contributed by atoms with Gasteiger partial charge in [-0.05, 0) is 36.2 Å². The fourth-order valence-corrected chi connectivity index (χ4v) is 3.98. The quantitative estimate of drug-likeness (QED) is 0.805. The van der Waals surface area contributed by atoms with E-state index in [1.54, 1.807) is 42.7 Å². The number of amides is 1. The summed E-state index contributed by atoms with van der Waals surface area (Å²) in [5.41, 5.74) is 1.18. The van der Waals surface area contributed by atoms with Crippen LogP contribution in [-0.4, -0.2) is 63.6 Å². The molecule has 2 atom stereocenters. The fraction of sp³-hybridized carbons (Fsp3) is 0.450. The SMILES string of the molecule is Cn1cccc(C(=O)N2CC[C@@H]3OCCN(Cc4ccncc4)[C@H]3C2)c1=O. The van der Waals surface area contributed by atoms with Crippen LogP contribution in [0.5, 0.6) is 0 Å². The molecule has 0 aromatic carbocycles. The maximum atomic E-state index is 13.0. The molecular formula is C20H24N4O3. The lowest BCUT2D eigenvalue weighted by Crippen LogP contribution is -2.60. The standard InChI is InChI=1S/C20H24N4O3/c1-22-9-2-3-16(19(22)25)20(26)24-10-6-18-17(14-24)23(11-12-27-18)13-15-4-7-21-8-5-15/h2-5,7-9,17-18H,6,10-14H2,1H3/t17-,18-/m0/s1. The monoisotopic (exact) mass is 368 g/mol. The fourth-order valence-electron chi connectivity index (χ4n) is 3.98. The predicted molar refractivity (Wildman–Crippen MR) is 100 cm³/mol. The van der Waals surface area contributed by atoms with Crippen LogP contribution < -0.4 is 5.56 Å². The molecule has 2 saturated heterocycles. The van der Waals surface area contributed by atoms with E-state index in [-0.39, 0.29) is 29.2 Å². The topological polar surface area (TPSA) is 67.7 Å². The molecule has 0 unspecified atom stereocenters. The van der Waals surface area contributed by atoms with Gasteiger partial charge in [0.05, 0.1) is 18.8 Å². The molecule has 2 fully saturated rings. The first kappa shape index (κ1) is 17.9. The molecule has 2 aromatic heterocycles. The molecule has 27 heavy (non-hydrogen) atoms. The number of carbonyl (C=O) groups is 1. The Morgan fingerprint density at radius 2 is 2.07 bits per heavy atom. The van der Waals surface area contributed by atoms with Gasteiger partial charge in [-0.15, -0.1) is 0 Å². The Hall–Kier alpha value is -2.51. The van der Waals surface area contributed by atoms with Gasteiger partial charge in [0.2, 0.25) is 0 Å². The zero-order valence-electron chi connectivity index (χ0n) is 15.5. The van der Waals surface area contributed by atoms with Crippen molar-refractivity contribution in [2.45, 2.75) is 25.1 Å². The van der Waals surface area contributed by atoms with Gasteiger partial charge in [0.25, 0.3) is 11.5 Å². The molecule has 0 radical (unpaired) electrons. The summed E-state index contributed by atoms with van der Waals surface area (Å²) in [5.74, 6) is -0.191. The molecule has 0 aliphatic carbocycles. The average molecular weight is 368 g/mol. The van der Waals surface area contributed by atoms with Crippen molar-refractivity contribution in [2.75, 3.05) is 26.2 Å². The summed E-state index contributed by atoms with van der Waals surface area (Å²) in [7, 11) is 1.66. The van der Waals surface area contributed by atoms with Crippen molar-refractivity contribution in [3.8, 4) is 0 Å².